The number of benzene rings is 2. The summed E-state index contributed by atoms with van der Waals surface area (Å²) in [5, 5.41) is 6.30. The number of nitrogens with zero attached hydrogens (tertiary/aromatic N) is 2. The number of hydrogen-bond acceptors (Lipinski definition) is 5. The maximum atomic E-state index is 12.9. The van der Waals surface area contributed by atoms with Crippen molar-refractivity contribution in [2.45, 2.75) is 62.1 Å². The fraction of sp³-hybridized carbons (Fsp3) is 0.552. The molecular weight excluding hydrogens is 532 g/mol. The molecular formula is C29H39BrN4O3. The van der Waals surface area contributed by atoms with Crippen molar-refractivity contribution >= 4 is 27.6 Å². The molecule has 200 valence electrons. The number of halogens is 1. The molecule has 2 aliphatic heterocycles. The molecule has 0 spiro atoms. The maximum absolute atomic E-state index is 12.9. The molecule has 8 heteroatoms. The van der Waals surface area contributed by atoms with Crippen LogP contribution in [0.1, 0.15) is 44.1 Å². The number of carbonyl (C=O) groups excluding carboxylic acids is 1. The highest BCUT2D eigenvalue weighted by molar-refractivity contribution is 9.10. The van der Waals surface area contributed by atoms with Crippen LogP contribution in [-0.2, 0) is 5.41 Å². The topological polar surface area (TPSA) is 66.1 Å². The molecule has 2 aromatic rings. The lowest BCUT2D eigenvalue weighted by atomic mass is 9.65. The largest absolute Gasteiger partial charge is 0.493 e. The van der Waals surface area contributed by atoms with Crippen LogP contribution in [0.5, 0.6) is 11.5 Å². The number of piperidine rings is 1. The minimum absolute atomic E-state index is 0.0574. The predicted molar refractivity (Wildman–Crippen MR) is 151 cm³/mol. The second kappa shape index (κ2) is 11.2. The number of likely N-dealkylation sites (tertiary alicyclic amines) is 2. The number of ether oxygens (including phenoxy) is 2. The Balaban J connectivity index is 1.37. The standard InChI is InChI=1S/C29H39BrN4O3/c1-33-14-10-24(11-15-33)34-16-13-29(20-7-8-25(36-2)26(17-20)37-3)12-9-23(19-27(29)34)32-28(35)31-22-6-4-5-21(30)18-22/h4-8,17-18,23-24,27H,9-16,19H2,1-3H3,(H2,31,32,35)/t23-,27+,29-/m0/s1. The van der Waals surface area contributed by atoms with Crippen LogP contribution in [0.4, 0.5) is 10.5 Å². The number of nitrogens with one attached hydrogen (secondary N) is 2. The molecule has 37 heavy (non-hydrogen) atoms. The first kappa shape index (κ1) is 26.3. The number of carbonyl (C=O) groups is 1. The minimum Gasteiger partial charge on any atom is -0.493 e. The summed E-state index contributed by atoms with van der Waals surface area (Å²) < 4.78 is 12.2. The Kier molecular flexibility index (Phi) is 7.98. The Morgan fingerprint density at radius 2 is 1.78 bits per heavy atom. The summed E-state index contributed by atoms with van der Waals surface area (Å²) in [6.07, 6.45) is 6.49. The Hall–Kier alpha value is -2.29. The third-order valence-electron chi connectivity index (χ3n) is 8.83. The van der Waals surface area contributed by atoms with E-state index in [1.54, 1.807) is 14.2 Å². The lowest BCUT2D eigenvalue weighted by Crippen LogP contribution is -2.56. The molecule has 2 saturated heterocycles. The average molecular weight is 572 g/mol. The number of hydrogen-bond donors (Lipinski definition) is 2. The normalized spacial score (nSPS) is 26.9. The Morgan fingerprint density at radius 3 is 2.51 bits per heavy atom. The van der Waals surface area contributed by atoms with Crippen molar-refractivity contribution in [3.8, 4) is 11.5 Å². The van der Waals surface area contributed by atoms with Crippen molar-refractivity contribution in [1.82, 2.24) is 15.1 Å². The number of amides is 2. The molecule has 2 heterocycles. The van der Waals surface area contributed by atoms with E-state index in [0.29, 0.717) is 12.1 Å². The van der Waals surface area contributed by atoms with E-state index in [2.05, 4.69) is 55.5 Å². The summed E-state index contributed by atoms with van der Waals surface area (Å²) in [6, 6.07) is 15.2. The van der Waals surface area contributed by atoms with Crippen molar-refractivity contribution in [3.63, 3.8) is 0 Å². The van der Waals surface area contributed by atoms with Crippen molar-refractivity contribution in [2.75, 3.05) is 46.2 Å². The van der Waals surface area contributed by atoms with Crippen molar-refractivity contribution in [1.29, 1.82) is 0 Å². The molecule has 3 fully saturated rings. The molecule has 0 unspecified atom stereocenters. The van der Waals surface area contributed by atoms with Crippen LogP contribution in [0, 0.1) is 0 Å². The van der Waals surface area contributed by atoms with Crippen LogP contribution in [0.15, 0.2) is 46.9 Å². The number of anilines is 1. The van der Waals surface area contributed by atoms with Crippen molar-refractivity contribution in [2.24, 2.45) is 0 Å². The summed E-state index contributed by atoms with van der Waals surface area (Å²) in [7, 11) is 5.62. The Labute approximate surface area is 229 Å². The Morgan fingerprint density at radius 1 is 1.00 bits per heavy atom. The number of methoxy groups -OCH3 is 2. The van der Waals surface area contributed by atoms with Gasteiger partial charge in [-0.05, 0) is 101 Å². The SMILES string of the molecule is COc1ccc([C@@]23CC[C@H](NC(=O)Nc4cccc(Br)c4)C[C@H]2N(C2CCN(C)CC2)CC3)cc1OC. The van der Waals surface area contributed by atoms with E-state index >= 15 is 0 Å². The fourth-order valence-electron chi connectivity index (χ4n) is 6.88. The molecule has 2 aromatic carbocycles. The van der Waals surface area contributed by atoms with Crippen molar-refractivity contribution in [3.05, 3.63) is 52.5 Å². The van der Waals surface area contributed by atoms with Gasteiger partial charge in [0.05, 0.1) is 14.2 Å². The zero-order valence-electron chi connectivity index (χ0n) is 22.1. The van der Waals surface area contributed by atoms with Gasteiger partial charge in [0, 0.05) is 33.7 Å². The predicted octanol–water partition coefficient (Wildman–Crippen LogP) is 5.25. The third kappa shape index (κ3) is 5.47. The highest BCUT2D eigenvalue weighted by Gasteiger charge is 2.53. The molecule has 2 N–H and O–H groups in total. The van der Waals surface area contributed by atoms with Gasteiger partial charge in [-0.2, -0.15) is 0 Å². The quantitative estimate of drug-likeness (QED) is 0.496. The monoisotopic (exact) mass is 570 g/mol. The Bertz CT molecular complexity index is 1110. The molecule has 2 amide bonds. The summed E-state index contributed by atoms with van der Waals surface area (Å²) in [6.45, 7) is 3.40. The van der Waals surface area contributed by atoms with E-state index in [9.17, 15) is 4.79 Å². The molecule has 7 nitrogen and oxygen atoms in total. The van der Waals surface area contributed by atoms with Gasteiger partial charge in [-0.25, -0.2) is 4.79 Å². The molecule has 1 saturated carbocycles. The van der Waals surface area contributed by atoms with E-state index in [-0.39, 0.29) is 17.5 Å². The molecule has 0 aromatic heterocycles. The summed E-state index contributed by atoms with van der Waals surface area (Å²) in [5.74, 6) is 1.56. The van der Waals surface area contributed by atoms with Crippen LogP contribution in [0.3, 0.4) is 0 Å². The summed E-state index contributed by atoms with van der Waals surface area (Å²) >= 11 is 3.48. The zero-order chi connectivity index (χ0) is 26.0. The molecule has 5 rings (SSSR count). The van der Waals surface area contributed by atoms with Crippen LogP contribution < -0.4 is 20.1 Å². The van der Waals surface area contributed by atoms with Gasteiger partial charge in [0.25, 0.3) is 0 Å². The summed E-state index contributed by atoms with van der Waals surface area (Å²) in [5.41, 5.74) is 2.18. The lowest BCUT2D eigenvalue weighted by molar-refractivity contribution is 0.0673. The first-order chi connectivity index (χ1) is 17.9. The minimum atomic E-state index is -0.134. The lowest BCUT2D eigenvalue weighted by Gasteiger charge is -2.48. The first-order valence-electron chi connectivity index (χ1n) is 13.4. The van der Waals surface area contributed by atoms with Gasteiger partial charge in [-0.3, -0.25) is 4.90 Å². The van der Waals surface area contributed by atoms with Crippen LogP contribution in [0.25, 0.3) is 0 Å². The van der Waals surface area contributed by atoms with Crippen molar-refractivity contribution < 1.29 is 14.3 Å². The smallest absolute Gasteiger partial charge is 0.319 e. The van der Waals surface area contributed by atoms with E-state index in [0.717, 1.165) is 67.0 Å². The number of rotatable bonds is 6. The van der Waals surface area contributed by atoms with E-state index in [4.69, 9.17) is 9.47 Å². The molecule has 0 radical (unpaired) electrons. The van der Waals surface area contributed by atoms with Crippen LogP contribution in [-0.4, -0.2) is 74.9 Å². The van der Waals surface area contributed by atoms with E-state index in [1.807, 2.05) is 30.3 Å². The second-order valence-corrected chi connectivity index (χ2v) is 11.8. The van der Waals surface area contributed by atoms with Gasteiger partial charge >= 0.3 is 6.03 Å². The molecule has 1 aliphatic carbocycles. The van der Waals surface area contributed by atoms with E-state index in [1.165, 1.54) is 18.4 Å². The maximum Gasteiger partial charge on any atom is 0.319 e. The highest BCUT2D eigenvalue weighted by Crippen LogP contribution is 2.51. The van der Waals surface area contributed by atoms with Crippen LogP contribution in [0.2, 0.25) is 0 Å². The number of urea groups is 1. The van der Waals surface area contributed by atoms with Gasteiger partial charge in [0.15, 0.2) is 11.5 Å². The van der Waals surface area contributed by atoms with Gasteiger partial charge in [0.2, 0.25) is 0 Å². The molecule has 0 bridgehead atoms. The van der Waals surface area contributed by atoms with Gasteiger partial charge < -0.3 is 25.0 Å². The highest BCUT2D eigenvalue weighted by atomic mass is 79.9. The molecule has 3 atom stereocenters. The second-order valence-electron chi connectivity index (χ2n) is 10.8. The van der Waals surface area contributed by atoms with Gasteiger partial charge in [-0.1, -0.05) is 28.1 Å². The van der Waals surface area contributed by atoms with Crippen LogP contribution >= 0.6 is 15.9 Å². The molecule has 3 aliphatic rings. The van der Waals surface area contributed by atoms with E-state index < -0.39 is 0 Å². The van der Waals surface area contributed by atoms with Gasteiger partial charge in [-0.15, -0.1) is 0 Å². The zero-order valence-corrected chi connectivity index (χ0v) is 23.7. The average Bonchev–Trinajstić information content (AvgIpc) is 3.28. The summed E-state index contributed by atoms with van der Waals surface area (Å²) in [4.78, 5) is 18.1. The first-order valence-corrected chi connectivity index (χ1v) is 14.2. The van der Waals surface area contributed by atoms with Gasteiger partial charge in [0.1, 0.15) is 0 Å². The number of fused-ring (bicyclic) bond motifs is 1. The third-order valence-corrected chi connectivity index (χ3v) is 9.33. The fourth-order valence-corrected chi connectivity index (χ4v) is 7.28.